The third-order valence-corrected chi connectivity index (χ3v) is 6.77. The average Bonchev–Trinajstić information content (AvgIpc) is 3.36. The minimum absolute atomic E-state index is 0.130. The molecule has 0 spiro atoms. The SMILES string of the molecule is Cc1nn(C)c2cc(-c3nc(N[C@@H]4CCOC[C@@H]4N)c(F)c4c3C(=O)NC4)sc12. The van der Waals surface area contributed by atoms with E-state index >= 15 is 4.39 Å². The zero-order valence-electron chi connectivity index (χ0n) is 16.1. The summed E-state index contributed by atoms with van der Waals surface area (Å²) in [6.45, 7) is 3.07. The fourth-order valence-electron chi connectivity index (χ4n) is 3.99. The molecule has 1 amide bonds. The first kappa shape index (κ1) is 18.5. The zero-order valence-corrected chi connectivity index (χ0v) is 16.9. The van der Waals surface area contributed by atoms with Crippen molar-refractivity contribution in [2.24, 2.45) is 12.8 Å². The van der Waals surface area contributed by atoms with Gasteiger partial charge in [0.05, 0.1) is 38.7 Å². The summed E-state index contributed by atoms with van der Waals surface area (Å²) in [5, 5.41) is 10.3. The molecule has 4 N–H and O–H groups in total. The Morgan fingerprint density at radius 1 is 1.48 bits per heavy atom. The molecule has 2 aliphatic heterocycles. The first-order chi connectivity index (χ1) is 13.9. The van der Waals surface area contributed by atoms with Gasteiger partial charge in [0.2, 0.25) is 0 Å². The lowest BCUT2D eigenvalue weighted by molar-refractivity contribution is 0.0751. The Labute approximate surface area is 170 Å². The van der Waals surface area contributed by atoms with E-state index in [2.05, 4.69) is 20.7 Å². The average molecular weight is 416 g/mol. The van der Waals surface area contributed by atoms with E-state index in [1.165, 1.54) is 11.3 Å². The first-order valence-corrected chi connectivity index (χ1v) is 10.3. The number of nitrogens with one attached hydrogen (secondary N) is 2. The van der Waals surface area contributed by atoms with Gasteiger partial charge in [-0.15, -0.1) is 11.3 Å². The second-order valence-electron chi connectivity index (χ2n) is 7.47. The number of anilines is 1. The monoisotopic (exact) mass is 416 g/mol. The number of fused-ring (bicyclic) bond motifs is 2. The van der Waals surface area contributed by atoms with Crippen molar-refractivity contribution in [1.29, 1.82) is 0 Å². The smallest absolute Gasteiger partial charge is 0.254 e. The summed E-state index contributed by atoms with van der Waals surface area (Å²) in [6.07, 6.45) is 0.666. The summed E-state index contributed by atoms with van der Waals surface area (Å²) >= 11 is 1.51. The van der Waals surface area contributed by atoms with Crippen LogP contribution in [0, 0.1) is 12.7 Å². The molecule has 3 aromatic heterocycles. The number of carbonyl (C=O) groups is 1. The molecule has 0 aliphatic carbocycles. The molecular weight excluding hydrogens is 395 g/mol. The van der Waals surface area contributed by atoms with Crippen LogP contribution in [0.5, 0.6) is 0 Å². The van der Waals surface area contributed by atoms with Crippen molar-refractivity contribution in [3.63, 3.8) is 0 Å². The van der Waals surface area contributed by atoms with Gasteiger partial charge in [-0.1, -0.05) is 0 Å². The van der Waals surface area contributed by atoms with Crippen molar-refractivity contribution in [1.82, 2.24) is 20.1 Å². The van der Waals surface area contributed by atoms with Crippen molar-refractivity contribution in [2.75, 3.05) is 18.5 Å². The van der Waals surface area contributed by atoms with E-state index in [1.807, 2.05) is 20.0 Å². The predicted octanol–water partition coefficient (Wildman–Crippen LogP) is 1.92. The summed E-state index contributed by atoms with van der Waals surface area (Å²) in [5.41, 5.74) is 9.13. The number of halogens is 1. The fraction of sp³-hybridized carbons (Fsp3) is 0.421. The topological polar surface area (TPSA) is 107 Å². The zero-order chi connectivity index (χ0) is 20.3. The van der Waals surface area contributed by atoms with Crippen LogP contribution in [0.25, 0.3) is 20.8 Å². The number of amides is 1. The minimum atomic E-state index is -0.500. The van der Waals surface area contributed by atoms with E-state index in [0.717, 1.165) is 20.8 Å². The highest BCUT2D eigenvalue weighted by Gasteiger charge is 2.32. The van der Waals surface area contributed by atoms with Crippen LogP contribution >= 0.6 is 11.3 Å². The van der Waals surface area contributed by atoms with E-state index in [4.69, 9.17) is 10.5 Å². The number of thiophene rings is 1. The number of hydrogen-bond donors (Lipinski definition) is 3. The summed E-state index contributed by atoms with van der Waals surface area (Å²) in [7, 11) is 1.88. The van der Waals surface area contributed by atoms with Gasteiger partial charge in [-0.05, 0) is 19.4 Å². The maximum absolute atomic E-state index is 15.2. The Hall–Kier alpha value is -2.56. The Morgan fingerprint density at radius 2 is 2.31 bits per heavy atom. The molecule has 152 valence electrons. The van der Waals surface area contributed by atoms with Crippen LogP contribution in [0.15, 0.2) is 6.07 Å². The molecule has 3 aromatic rings. The van der Waals surface area contributed by atoms with Crippen molar-refractivity contribution in [2.45, 2.75) is 32.0 Å². The minimum Gasteiger partial charge on any atom is -0.380 e. The van der Waals surface area contributed by atoms with Crippen LogP contribution in [0.2, 0.25) is 0 Å². The molecule has 10 heteroatoms. The lowest BCUT2D eigenvalue weighted by atomic mass is 10.0. The summed E-state index contributed by atoms with van der Waals surface area (Å²) in [4.78, 5) is 17.8. The van der Waals surface area contributed by atoms with Gasteiger partial charge in [0, 0.05) is 37.8 Å². The maximum atomic E-state index is 15.2. The molecule has 2 aliphatic rings. The van der Waals surface area contributed by atoms with Gasteiger partial charge in [-0.3, -0.25) is 9.48 Å². The van der Waals surface area contributed by atoms with E-state index in [1.54, 1.807) is 4.68 Å². The molecule has 1 saturated heterocycles. The second kappa shape index (κ2) is 6.75. The quantitative estimate of drug-likeness (QED) is 0.602. The van der Waals surface area contributed by atoms with Gasteiger partial charge in [0.25, 0.3) is 5.91 Å². The van der Waals surface area contributed by atoms with Crippen LogP contribution in [-0.4, -0.2) is 46.0 Å². The third-order valence-electron chi connectivity index (χ3n) is 5.53. The molecule has 0 saturated carbocycles. The maximum Gasteiger partial charge on any atom is 0.254 e. The van der Waals surface area contributed by atoms with E-state index < -0.39 is 5.82 Å². The van der Waals surface area contributed by atoms with Gasteiger partial charge in [0.1, 0.15) is 0 Å². The van der Waals surface area contributed by atoms with Crippen molar-refractivity contribution in [3.8, 4) is 10.6 Å². The molecule has 1 fully saturated rings. The number of nitrogens with two attached hydrogens (primary N) is 1. The van der Waals surface area contributed by atoms with Crippen LogP contribution in [0.3, 0.4) is 0 Å². The van der Waals surface area contributed by atoms with Gasteiger partial charge in [0.15, 0.2) is 11.6 Å². The molecule has 8 nitrogen and oxygen atoms in total. The standard InChI is InChI=1S/C19H21FN6O2S/c1-8-17-12(26(2)25-8)5-13(29-17)16-14-9(6-22-19(14)27)15(20)18(24-16)23-11-3-4-28-7-10(11)21/h5,10-11H,3-4,6-7,21H2,1-2H3,(H,22,27)(H,23,24)/t10-,11+/m0/s1. The van der Waals surface area contributed by atoms with Crippen molar-refractivity contribution < 1.29 is 13.9 Å². The van der Waals surface area contributed by atoms with Crippen LogP contribution < -0.4 is 16.4 Å². The molecule has 0 aromatic carbocycles. The number of hydrogen-bond acceptors (Lipinski definition) is 7. The van der Waals surface area contributed by atoms with Gasteiger partial charge in [-0.25, -0.2) is 9.37 Å². The number of carbonyl (C=O) groups excluding carboxylic acids is 1. The Bertz CT molecular complexity index is 1110. The first-order valence-electron chi connectivity index (χ1n) is 9.48. The molecule has 0 unspecified atom stereocenters. The molecule has 2 atom stereocenters. The highest BCUT2D eigenvalue weighted by Crippen LogP contribution is 2.39. The summed E-state index contributed by atoms with van der Waals surface area (Å²) in [5.74, 6) is -0.673. The summed E-state index contributed by atoms with van der Waals surface area (Å²) in [6, 6.07) is 1.56. The molecule has 0 radical (unpaired) electrons. The van der Waals surface area contributed by atoms with Crippen LogP contribution in [0.4, 0.5) is 10.2 Å². The second-order valence-corrected chi connectivity index (χ2v) is 8.52. The fourth-order valence-corrected chi connectivity index (χ4v) is 5.11. The largest absolute Gasteiger partial charge is 0.380 e. The van der Waals surface area contributed by atoms with Crippen molar-refractivity contribution >= 4 is 33.3 Å². The highest BCUT2D eigenvalue weighted by atomic mass is 32.1. The molecular formula is C19H21FN6O2S. The number of rotatable bonds is 3. The normalized spacial score (nSPS) is 21.4. The van der Waals surface area contributed by atoms with Crippen LogP contribution in [-0.2, 0) is 18.3 Å². The number of aromatic nitrogens is 3. The highest BCUT2D eigenvalue weighted by molar-refractivity contribution is 7.22. The van der Waals surface area contributed by atoms with Gasteiger partial charge < -0.3 is 21.1 Å². The molecule has 0 bridgehead atoms. The summed E-state index contributed by atoms with van der Waals surface area (Å²) < 4.78 is 23.4. The van der Waals surface area contributed by atoms with Gasteiger partial charge in [-0.2, -0.15) is 5.10 Å². The lowest BCUT2D eigenvalue weighted by Gasteiger charge is -2.30. The van der Waals surface area contributed by atoms with E-state index in [-0.39, 0.29) is 30.4 Å². The Balaban J connectivity index is 1.64. The van der Waals surface area contributed by atoms with E-state index in [0.29, 0.717) is 36.5 Å². The van der Waals surface area contributed by atoms with E-state index in [9.17, 15) is 4.79 Å². The molecule has 29 heavy (non-hydrogen) atoms. The van der Waals surface area contributed by atoms with Gasteiger partial charge >= 0.3 is 0 Å². The number of pyridine rings is 1. The third kappa shape index (κ3) is 2.90. The van der Waals surface area contributed by atoms with Crippen molar-refractivity contribution in [3.05, 3.63) is 28.7 Å². The molecule has 5 heterocycles. The number of aryl methyl sites for hydroxylation is 2. The number of ether oxygens (including phenoxy) is 1. The number of nitrogens with zero attached hydrogens (tertiary/aromatic N) is 3. The Kier molecular flexibility index (Phi) is 4.30. The van der Waals surface area contributed by atoms with Crippen LogP contribution in [0.1, 0.15) is 28.0 Å². The lowest BCUT2D eigenvalue weighted by Crippen LogP contribution is -2.48. The Morgan fingerprint density at radius 3 is 3.07 bits per heavy atom. The predicted molar refractivity (Wildman–Crippen MR) is 109 cm³/mol. The molecule has 5 rings (SSSR count).